The standard InChI is InChI=1S/C16H20N5O5PS2/c1-25-10-3-4-11(28-2)12(7-10)29-15-13-14(19-16(17)20-15)21(8-18-13)5-6-26-9-27(22,23)24/h3-4,7-8H,5-6,9H2,1-2H3,(H2,17,19,20)(H2,22,23,24). The molecule has 29 heavy (non-hydrogen) atoms. The van der Waals surface area contributed by atoms with Crippen LogP contribution in [0.1, 0.15) is 0 Å². The van der Waals surface area contributed by atoms with Crippen LogP contribution in [0.3, 0.4) is 0 Å². The van der Waals surface area contributed by atoms with Gasteiger partial charge in [0.15, 0.2) is 5.65 Å². The maximum Gasteiger partial charge on any atom is 0.350 e. The molecular formula is C16H20N5O5PS2. The molecule has 0 bridgehead atoms. The van der Waals surface area contributed by atoms with Crippen molar-refractivity contribution in [2.45, 2.75) is 21.4 Å². The van der Waals surface area contributed by atoms with E-state index in [4.69, 9.17) is 25.0 Å². The number of anilines is 1. The number of nitrogens with two attached hydrogens (primary N) is 1. The maximum absolute atomic E-state index is 10.9. The Morgan fingerprint density at radius 3 is 2.76 bits per heavy atom. The molecule has 0 aliphatic rings. The molecule has 3 aromatic rings. The number of nitrogens with zero attached hydrogens (tertiary/aromatic N) is 4. The van der Waals surface area contributed by atoms with Gasteiger partial charge in [-0.25, -0.2) is 9.97 Å². The molecular weight excluding hydrogens is 437 g/mol. The van der Waals surface area contributed by atoms with Crippen molar-refractivity contribution < 1.29 is 23.8 Å². The number of hydrogen-bond acceptors (Lipinski definition) is 9. The SMILES string of the molecule is COc1ccc(SC)c(Sc2nc(N)nc3c2ncn3CCOCP(=O)(O)O)c1. The van der Waals surface area contributed by atoms with Gasteiger partial charge in [0, 0.05) is 16.3 Å². The predicted molar refractivity (Wildman–Crippen MR) is 111 cm³/mol. The highest BCUT2D eigenvalue weighted by atomic mass is 32.2. The van der Waals surface area contributed by atoms with Gasteiger partial charge in [-0.1, -0.05) is 11.8 Å². The lowest BCUT2D eigenvalue weighted by molar-refractivity contribution is 0.149. The van der Waals surface area contributed by atoms with E-state index in [1.165, 1.54) is 11.8 Å². The minimum absolute atomic E-state index is 0.0927. The summed E-state index contributed by atoms with van der Waals surface area (Å²) in [5, 5.41) is 0.603. The minimum atomic E-state index is -4.20. The second-order valence-corrected chi connectivity index (χ2v) is 9.28. The summed E-state index contributed by atoms with van der Waals surface area (Å²) < 4.78 is 22.9. The zero-order chi connectivity index (χ0) is 21.0. The zero-order valence-electron chi connectivity index (χ0n) is 15.7. The number of methoxy groups -OCH3 is 1. The molecule has 0 aliphatic heterocycles. The Morgan fingerprint density at radius 1 is 1.28 bits per heavy atom. The van der Waals surface area contributed by atoms with Gasteiger partial charge in [0.25, 0.3) is 0 Å². The Balaban J connectivity index is 1.87. The number of aromatic nitrogens is 4. The fourth-order valence-electron chi connectivity index (χ4n) is 2.48. The molecule has 2 heterocycles. The summed E-state index contributed by atoms with van der Waals surface area (Å²) in [6.45, 7) is 0.405. The molecule has 1 aromatic carbocycles. The van der Waals surface area contributed by atoms with Crippen molar-refractivity contribution in [3.8, 4) is 5.75 Å². The van der Waals surface area contributed by atoms with E-state index in [2.05, 4.69) is 15.0 Å². The molecule has 0 aliphatic carbocycles. The van der Waals surface area contributed by atoms with Gasteiger partial charge < -0.3 is 29.6 Å². The lowest BCUT2D eigenvalue weighted by Crippen LogP contribution is -2.07. The molecule has 0 spiro atoms. The number of nitrogen functional groups attached to an aromatic ring is 1. The fraction of sp³-hybridized carbons (Fsp3) is 0.312. The third-order valence-corrected chi connectivity index (χ3v) is 6.24. The summed E-state index contributed by atoms with van der Waals surface area (Å²) in [5.74, 6) is 0.836. The van der Waals surface area contributed by atoms with E-state index >= 15 is 0 Å². The van der Waals surface area contributed by atoms with Gasteiger partial charge in [-0.15, -0.1) is 11.8 Å². The normalized spacial score (nSPS) is 11.9. The highest BCUT2D eigenvalue weighted by Crippen LogP contribution is 2.38. The monoisotopic (exact) mass is 457 g/mol. The number of thioether (sulfide) groups is 1. The van der Waals surface area contributed by atoms with Crippen LogP contribution in [0.2, 0.25) is 0 Å². The third-order valence-electron chi connectivity index (χ3n) is 3.76. The Labute approximate surface area is 175 Å². The van der Waals surface area contributed by atoms with Crippen molar-refractivity contribution in [3.05, 3.63) is 24.5 Å². The molecule has 0 amide bonds. The first-order valence-electron chi connectivity index (χ1n) is 8.31. The van der Waals surface area contributed by atoms with Crippen LogP contribution in [0.5, 0.6) is 5.75 Å². The fourth-order valence-corrected chi connectivity index (χ4v) is 4.62. The predicted octanol–water partition coefficient (Wildman–Crippen LogP) is 2.44. The van der Waals surface area contributed by atoms with Crippen molar-refractivity contribution in [2.24, 2.45) is 0 Å². The van der Waals surface area contributed by atoms with Crippen LogP contribution in [0, 0.1) is 0 Å². The summed E-state index contributed by atoms with van der Waals surface area (Å²) in [4.78, 5) is 32.7. The van der Waals surface area contributed by atoms with E-state index in [1.807, 2.05) is 24.5 Å². The minimum Gasteiger partial charge on any atom is -0.497 e. The largest absolute Gasteiger partial charge is 0.497 e. The van der Waals surface area contributed by atoms with Gasteiger partial charge in [-0.05, 0) is 24.5 Å². The van der Waals surface area contributed by atoms with Crippen LogP contribution in [-0.4, -0.2) is 55.6 Å². The maximum atomic E-state index is 10.9. The molecule has 0 radical (unpaired) electrons. The molecule has 0 saturated carbocycles. The quantitative estimate of drug-likeness (QED) is 0.188. The van der Waals surface area contributed by atoms with Gasteiger partial charge in [0.2, 0.25) is 5.95 Å². The molecule has 0 saturated heterocycles. The Morgan fingerprint density at radius 2 is 2.07 bits per heavy atom. The van der Waals surface area contributed by atoms with Crippen molar-refractivity contribution in [3.63, 3.8) is 0 Å². The van der Waals surface area contributed by atoms with E-state index in [1.54, 1.807) is 29.8 Å². The van der Waals surface area contributed by atoms with Crippen LogP contribution < -0.4 is 10.5 Å². The van der Waals surface area contributed by atoms with E-state index in [0.717, 1.165) is 15.5 Å². The molecule has 0 atom stereocenters. The van der Waals surface area contributed by atoms with Gasteiger partial charge >= 0.3 is 7.60 Å². The van der Waals surface area contributed by atoms with E-state index in [9.17, 15) is 4.57 Å². The molecule has 156 valence electrons. The number of ether oxygens (including phenoxy) is 2. The highest BCUT2D eigenvalue weighted by molar-refractivity contribution is 8.02. The Hall–Kier alpha value is -1.82. The number of fused-ring (bicyclic) bond motifs is 1. The van der Waals surface area contributed by atoms with E-state index in [0.29, 0.717) is 22.7 Å². The van der Waals surface area contributed by atoms with E-state index in [-0.39, 0.29) is 12.6 Å². The van der Waals surface area contributed by atoms with Crippen molar-refractivity contribution in [2.75, 3.05) is 32.1 Å². The Bertz CT molecular complexity index is 1060. The first-order valence-corrected chi connectivity index (χ1v) is 12.1. The summed E-state index contributed by atoms with van der Waals surface area (Å²) in [6.07, 6.45) is 2.93. The van der Waals surface area contributed by atoms with Crippen molar-refractivity contribution in [1.82, 2.24) is 19.5 Å². The van der Waals surface area contributed by atoms with Crippen molar-refractivity contribution in [1.29, 1.82) is 0 Å². The number of benzene rings is 1. The molecule has 0 fully saturated rings. The molecule has 13 heteroatoms. The first-order chi connectivity index (χ1) is 13.8. The van der Waals surface area contributed by atoms with Gasteiger partial charge in [0.05, 0.1) is 20.0 Å². The second-order valence-electron chi connectivity index (χ2n) is 5.82. The molecule has 0 unspecified atom stereocenters. The van der Waals surface area contributed by atoms with Gasteiger partial charge in [0.1, 0.15) is 22.6 Å². The highest BCUT2D eigenvalue weighted by Gasteiger charge is 2.16. The van der Waals surface area contributed by atoms with Crippen LogP contribution >= 0.6 is 31.1 Å². The molecule has 10 nitrogen and oxygen atoms in total. The Kier molecular flexibility index (Phi) is 7.04. The van der Waals surface area contributed by atoms with Crippen LogP contribution in [0.15, 0.2) is 39.3 Å². The third kappa shape index (κ3) is 5.62. The zero-order valence-corrected chi connectivity index (χ0v) is 18.2. The van der Waals surface area contributed by atoms with Crippen molar-refractivity contribution >= 4 is 48.2 Å². The van der Waals surface area contributed by atoms with Crippen LogP contribution in [0.25, 0.3) is 11.2 Å². The topological polar surface area (TPSA) is 146 Å². The first kappa shape index (κ1) is 21.9. The molecule has 4 N–H and O–H groups in total. The number of rotatable bonds is 9. The average molecular weight is 457 g/mol. The van der Waals surface area contributed by atoms with Gasteiger partial charge in [-0.2, -0.15) is 4.98 Å². The number of imidazole rings is 1. The molecule has 2 aromatic heterocycles. The lowest BCUT2D eigenvalue weighted by atomic mass is 10.3. The average Bonchev–Trinajstić information content (AvgIpc) is 3.07. The van der Waals surface area contributed by atoms with Crippen LogP contribution in [0.4, 0.5) is 5.95 Å². The van der Waals surface area contributed by atoms with E-state index < -0.39 is 13.9 Å². The smallest absolute Gasteiger partial charge is 0.350 e. The summed E-state index contributed by atoms with van der Waals surface area (Å²) in [7, 11) is -2.59. The number of hydrogen-bond donors (Lipinski definition) is 3. The van der Waals surface area contributed by atoms with Crippen LogP contribution in [-0.2, 0) is 15.8 Å². The lowest BCUT2D eigenvalue weighted by Gasteiger charge is -2.10. The summed E-state index contributed by atoms with van der Waals surface area (Å²) >= 11 is 3.02. The molecule has 3 rings (SSSR count). The second kappa shape index (κ2) is 9.33. The summed E-state index contributed by atoms with van der Waals surface area (Å²) in [5.41, 5.74) is 7.00. The summed E-state index contributed by atoms with van der Waals surface area (Å²) in [6, 6.07) is 5.80. The van der Waals surface area contributed by atoms with Gasteiger partial charge in [-0.3, -0.25) is 4.57 Å².